The van der Waals surface area contributed by atoms with Crippen LogP contribution in [0.4, 0.5) is 0 Å². The van der Waals surface area contributed by atoms with Crippen LogP contribution in [0.25, 0.3) is 0 Å². The molecule has 1 aromatic heterocycles. The molecule has 2 fully saturated rings. The number of hydrogen-bond donors (Lipinski definition) is 0. The highest BCUT2D eigenvalue weighted by Crippen LogP contribution is 2.49. The third-order valence-corrected chi connectivity index (χ3v) is 5.07. The van der Waals surface area contributed by atoms with Gasteiger partial charge >= 0.3 is 5.97 Å². The Labute approximate surface area is 105 Å². The van der Waals surface area contributed by atoms with Crippen molar-refractivity contribution in [3.05, 3.63) is 16.6 Å². The zero-order chi connectivity index (χ0) is 11.8. The number of aromatic nitrogens is 1. The fourth-order valence-corrected chi connectivity index (χ4v) is 3.90. The first-order valence-electron chi connectivity index (χ1n) is 6.34. The summed E-state index contributed by atoms with van der Waals surface area (Å²) in [5.41, 5.74) is 0. The van der Waals surface area contributed by atoms with Crippen LogP contribution >= 0.6 is 11.3 Å². The number of nitrogens with zero attached hydrogens (tertiary/aromatic N) is 1. The number of fused-ring (bicyclic) bond motifs is 2. The van der Waals surface area contributed by atoms with Crippen molar-refractivity contribution in [1.29, 1.82) is 0 Å². The van der Waals surface area contributed by atoms with E-state index in [1.807, 2.05) is 12.3 Å². The van der Waals surface area contributed by atoms with Gasteiger partial charge in [0, 0.05) is 11.6 Å². The Morgan fingerprint density at radius 3 is 3.00 bits per heavy atom. The van der Waals surface area contributed by atoms with E-state index in [-0.39, 0.29) is 18.0 Å². The number of rotatable bonds is 3. The first-order chi connectivity index (χ1) is 8.24. The molecule has 17 heavy (non-hydrogen) atoms. The van der Waals surface area contributed by atoms with Gasteiger partial charge in [0.1, 0.15) is 5.01 Å². The van der Waals surface area contributed by atoms with Gasteiger partial charge in [-0.2, -0.15) is 0 Å². The largest absolute Gasteiger partial charge is 0.455 e. The van der Waals surface area contributed by atoms with Crippen LogP contribution in [0.3, 0.4) is 0 Å². The van der Waals surface area contributed by atoms with E-state index in [0.717, 1.165) is 17.3 Å². The van der Waals surface area contributed by atoms with Crippen LogP contribution in [0.5, 0.6) is 0 Å². The molecule has 0 unspecified atom stereocenters. The SMILES string of the molecule is C[C@H](OC(=O)[C@H]1C[C@@H]2CC[C@@H]1C2)c1nccs1. The number of esters is 1. The van der Waals surface area contributed by atoms with Crippen molar-refractivity contribution in [3.8, 4) is 0 Å². The first kappa shape index (κ1) is 11.2. The van der Waals surface area contributed by atoms with Crippen molar-refractivity contribution in [2.75, 3.05) is 0 Å². The van der Waals surface area contributed by atoms with Gasteiger partial charge in [-0.3, -0.25) is 4.79 Å². The van der Waals surface area contributed by atoms with E-state index in [4.69, 9.17) is 4.74 Å². The fraction of sp³-hybridized carbons (Fsp3) is 0.692. The molecule has 0 aliphatic heterocycles. The summed E-state index contributed by atoms with van der Waals surface area (Å²) < 4.78 is 5.54. The third kappa shape index (κ3) is 2.10. The summed E-state index contributed by atoms with van der Waals surface area (Å²) in [6.07, 6.45) is 6.38. The molecule has 0 aromatic carbocycles. The second-order valence-electron chi connectivity index (χ2n) is 5.23. The van der Waals surface area contributed by atoms with E-state index in [0.29, 0.717) is 5.92 Å². The maximum absolute atomic E-state index is 12.1. The third-order valence-electron chi connectivity index (χ3n) is 4.13. The quantitative estimate of drug-likeness (QED) is 0.774. The summed E-state index contributed by atoms with van der Waals surface area (Å²) >= 11 is 1.54. The normalized spacial score (nSPS) is 32.6. The Bertz CT molecular complexity index is 404. The van der Waals surface area contributed by atoms with Gasteiger partial charge in [0.15, 0.2) is 6.10 Å². The summed E-state index contributed by atoms with van der Waals surface area (Å²) in [5.74, 6) is 1.54. The molecule has 3 nitrogen and oxygen atoms in total. The molecule has 0 radical (unpaired) electrons. The van der Waals surface area contributed by atoms with Gasteiger partial charge in [0.25, 0.3) is 0 Å². The van der Waals surface area contributed by atoms with Gasteiger partial charge in [0.05, 0.1) is 5.92 Å². The molecule has 3 rings (SSSR count). The minimum absolute atomic E-state index is 0.0000926. The topological polar surface area (TPSA) is 39.2 Å². The molecule has 2 aliphatic carbocycles. The van der Waals surface area contributed by atoms with E-state index in [9.17, 15) is 4.79 Å². The van der Waals surface area contributed by atoms with Gasteiger partial charge in [0.2, 0.25) is 0 Å². The average molecular weight is 251 g/mol. The minimum atomic E-state index is -0.193. The average Bonchev–Trinajstić information content (AvgIpc) is 3.05. The second kappa shape index (κ2) is 4.41. The zero-order valence-electron chi connectivity index (χ0n) is 9.96. The Morgan fingerprint density at radius 2 is 2.41 bits per heavy atom. The van der Waals surface area contributed by atoms with Crippen molar-refractivity contribution >= 4 is 17.3 Å². The summed E-state index contributed by atoms with van der Waals surface area (Å²) in [4.78, 5) is 16.3. The lowest BCUT2D eigenvalue weighted by Gasteiger charge is -2.21. The lowest BCUT2D eigenvalue weighted by molar-refractivity contribution is -0.155. The molecular weight excluding hydrogens is 234 g/mol. The van der Waals surface area contributed by atoms with Gasteiger partial charge < -0.3 is 4.74 Å². The summed E-state index contributed by atoms with van der Waals surface area (Å²) in [7, 11) is 0. The molecule has 1 aromatic rings. The number of ether oxygens (including phenoxy) is 1. The van der Waals surface area contributed by atoms with Crippen molar-refractivity contribution in [2.45, 2.75) is 38.7 Å². The Morgan fingerprint density at radius 1 is 1.53 bits per heavy atom. The molecule has 4 atom stereocenters. The maximum Gasteiger partial charge on any atom is 0.309 e. The maximum atomic E-state index is 12.1. The molecule has 0 saturated heterocycles. The summed E-state index contributed by atoms with van der Waals surface area (Å²) in [6.45, 7) is 1.91. The van der Waals surface area contributed by atoms with Crippen molar-refractivity contribution in [1.82, 2.24) is 4.98 Å². The zero-order valence-corrected chi connectivity index (χ0v) is 10.8. The standard InChI is InChI=1S/C13H17NO2S/c1-8(12-14-4-5-17-12)16-13(15)11-7-9-2-3-10(11)6-9/h4-5,8-11H,2-3,6-7H2,1H3/t8-,9+,10+,11-/m0/s1. The smallest absolute Gasteiger partial charge is 0.309 e. The molecule has 0 amide bonds. The summed E-state index contributed by atoms with van der Waals surface area (Å²) in [5, 5.41) is 2.80. The van der Waals surface area contributed by atoms with Crippen LogP contribution in [0.15, 0.2) is 11.6 Å². The molecule has 2 saturated carbocycles. The Balaban J connectivity index is 1.60. The van der Waals surface area contributed by atoms with Crippen LogP contribution in [0.1, 0.15) is 43.7 Å². The number of thiazole rings is 1. The number of carbonyl (C=O) groups is 1. The molecule has 2 bridgehead atoms. The van der Waals surface area contributed by atoms with Crippen LogP contribution in [-0.2, 0) is 9.53 Å². The fourth-order valence-electron chi connectivity index (χ4n) is 3.28. The van der Waals surface area contributed by atoms with E-state index < -0.39 is 0 Å². The number of hydrogen-bond acceptors (Lipinski definition) is 4. The van der Waals surface area contributed by atoms with E-state index >= 15 is 0 Å². The predicted molar refractivity (Wildman–Crippen MR) is 65.6 cm³/mol. The van der Waals surface area contributed by atoms with Crippen molar-refractivity contribution in [3.63, 3.8) is 0 Å². The lowest BCUT2D eigenvalue weighted by atomic mass is 9.89. The number of carbonyl (C=O) groups excluding carboxylic acids is 1. The first-order valence-corrected chi connectivity index (χ1v) is 7.22. The summed E-state index contributed by atoms with van der Waals surface area (Å²) in [6, 6.07) is 0. The van der Waals surface area contributed by atoms with E-state index in [1.54, 1.807) is 17.5 Å². The monoisotopic (exact) mass is 251 g/mol. The highest BCUT2D eigenvalue weighted by molar-refractivity contribution is 7.09. The molecule has 0 N–H and O–H groups in total. The van der Waals surface area contributed by atoms with Crippen molar-refractivity contribution in [2.24, 2.45) is 17.8 Å². The molecule has 92 valence electrons. The van der Waals surface area contributed by atoms with Crippen LogP contribution in [0, 0.1) is 17.8 Å². The highest BCUT2D eigenvalue weighted by Gasteiger charge is 2.44. The Hall–Kier alpha value is -0.900. The predicted octanol–water partition coefficient (Wildman–Crippen LogP) is 3.18. The van der Waals surface area contributed by atoms with Gasteiger partial charge in [-0.05, 0) is 38.0 Å². The van der Waals surface area contributed by atoms with Crippen molar-refractivity contribution < 1.29 is 9.53 Å². The second-order valence-corrected chi connectivity index (χ2v) is 6.16. The van der Waals surface area contributed by atoms with Gasteiger partial charge in [-0.15, -0.1) is 11.3 Å². The molecule has 1 heterocycles. The molecular formula is C13H17NO2S. The minimum Gasteiger partial charge on any atom is -0.455 e. The van der Waals surface area contributed by atoms with E-state index in [2.05, 4.69) is 4.98 Å². The molecule has 0 spiro atoms. The Kier molecular flexibility index (Phi) is 2.90. The molecule has 4 heteroatoms. The lowest BCUT2D eigenvalue weighted by Crippen LogP contribution is -2.24. The van der Waals surface area contributed by atoms with Crippen LogP contribution in [-0.4, -0.2) is 11.0 Å². The van der Waals surface area contributed by atoms with Gasteiger partial charge in [-0.1, -0.05) is 6.42 Å². The molecule has 2 aliphatic rings. The van der Waals surface area contributed by atoms with Gasteiger partial charge in [-0.25, -0.2) is 4.98 Å². The van der Waals surface area contributed by atoms with Crippen LogP contribution < -0.4 is 0 Å². The highest BCUT2D eigenvalue weighted by atomic mass is 32.1. The van der Waals surface area contributed by atoms with Crippen LogP contribution in [0.2, 0.25) is 0 Å². The van der Waals surface area contributed by atoms with E-state index in [1.165, 1.54) is 19.3 Å².